The van der Waals surface area contributed by atoms with Crippen LogP contribution in [0.1, 0.15) is 6.92 Å². The number of halogens is 2. The van der Waals surface area contributed by atoms with Gasteiger partial charge in [0.2, 0.25) is 0 Å². The van der Waals surface area contributed by atoms with Crippen LogP contribution in [0.4, 0.5) is 14.5 Å². The van der Waals surface area contributed by atoms with Crippen molar-refractivity contribution in [2.75, 3.05) is 11.6 Å². The van der Waals surface area contributed by atoms with Gasteiger partial charge in [-0.3, -0.25) is 9.59 Å². The number of benzene rings is 1. The van der Waals surface area contributed by atoms with Crippen LogP contribution in [0.3, 0.4) is 0 Å². The first-order valence-corrected chi connectivity index (χ1v) is 5.54. The Kier molecular flexibility index (Phi) is 3.55. The van der Waals surface area contributed by atoms with Crippen molar-refractivity contribution in [2.45, 2.75) is 6.92 Å². The van der Waals surface area contributed by atoms with E-state index < -0.39 is 29.4 Å². The van der Waals surface area contributed by atoms with Crippen LogP contribution < -0.4 is 5.01 Å². The van der Waals surface area contributed by atoms with Crippen LogP contribution >= 0.6 is 0 Å². The van der Waals surface area contributed by atoms with Gasteiger partial charge in [-0.15, -0.1) is 0 Å². The molecule has 100 valence electrons. The molecule has 1 aliphatic rings. The van der Waals surface area contributed by atoms with Crippen LogP contribution in [-0.2, 0) is 14.3 Å². The zero-order chi connectivity index (χ0) is 14.0. The van der Waals surface area contributed by atoms with Crippen LogP contribution in [0.25, 0.3) is 0 Å². The van der Waals surface area contributed by atoms with Crippen molar-refractivity contribution in [3.8, 4) is 0 Å². The Hall–Kier alpha value is -2.31. The lowest BCUT2D eigenvalue weighted by Gasteiger charge is -2.14. The normalized spacial score (nSPS) is 17.9. The molecule has 0 saturated carbocycles. The number of amides is 1. The van der Waals surface area contributed by atoms with Crippen LogP contribution in [-0.4, -0.2) is 24.7 Å². The predicted molar refractivity (Wildman–Crippen MR) is 62.5 cm³/mol. The lowest BCUT2D eigenvalue weighted by atomic mass is 10.1. The molecule has 2 rings (SSSR count). The molecule has 1 atom stereocenters. The standard InChI is InChI=1S/C12H10F2N2O3/c1-2-19-12(18)8-6-15-16(11(8)17)10-4-3-7(13)5-9(10)14/h3-6,8H,2H2,1H3. The fraction of sp³-hybridized carbons (Fsp3) is 0.250. The number of esters is 1. The number of carbonyl (C=O) groups is 2. The molecule has 1 heterocycles. The third-order valence-corrected chi connectivity index (χ3v) is 2.48. The van der Waals surface area contributed by atoms with Crippen molar-refractivity contribution in [1.82, 2.24) is 0 Å². The second-order valence-corrected chi connectivity index (χ2v) is 3.74. The highest BCUT2D eigenvalue weighted by atomic mass is 19.1. The molecule has 1 unspecified atom stereocenters. The molecule has 5 nitrogen and oxygen atoms in total. The van der Waals surface area contributed by atoms with E-state index in [-0.39, 0.29) is 12.3 Å². The van der Waals surface area contributed by atoms with E-state index in [1.807, 2.05) is 0 Å². The Balaban J connectivity index is 2.23. The van der Waals surface area contributed by atoms with Gasteiger partial charge in [-0.05, 0) is 19.1 Å². The first kappa shape index (κ1) is 13.1. The number of ether oxygens (including phenoxy) is 1. The minimum Gasteiger partial charge on any atom is -0.465 e. The highest BCUT2D eigenvalue weighted by Crippen LogP contribution is 2.25. The molecule has 1 aromatic carbocycles. The molecule has 7 heteroatoms. The van der Waals surface area contributed by atoms with Gasteiger partial charge in [0.25, 0.3) is 5.91 Å². The summed E-state index contributed by atoms with van der Waals surface area (Å²) in [4.78, 5) is 23.4. The van der Waals surface area contributed by atoms with E-state index in [2.05, 4.69) is 5.10 Å². The summed E-state index contributed by atoms with van der Waals surface area (Å²) in [6, 6.07) is 2.71. The minimum atomic E-state index is -1.19. The van der Waals surface area contributed by atoms with E-state index in [0.717, 1.165) is 23.4 Å². The van der Waals surface area contributed by atoms with Gasteiger partial charge in [0.15, 0.2) is 11.7 Å². The molecule has 0 N–H and O–H groups in total. The number of anilines is 1. The largest absolute Gasteiger partial charge is 0.465 e. The molecule has 0 saturated heterocycles. The molecule has 0 aromatic heterocycles. The molecular weight excluding hydrogens is 258 g/mol. The monoisotopic (exact) mass is 268 g/mol. The van der Waals surface area contributed by atoms with E-state index in [4.69, 9.17) is 4.74 Å². The van der Waals surface area contributed by atoms with Crippen LogP contribution in [0.5, 0.6) is 0 Å². The van der Waals surface area contributed by atoms with Gasteiger partial charge in [-0.25, -0.2) is 8.78 Å². The van der Waals surface area contributed by atoms with Gasteiger partial charge in [0.05, 0.1) is 6.61 Å². The second-order valence-electron chi connectivity index (χ2n) is 3.74. The van der Waals surface area contributed by atoms with Crippen molar-refractivity contribution in [3.05, 3.63) is 29.8 Å². The summed E-state index contributed by atoms with van der Waals surface area (Å²) in [7, 11) is 0. The molecule has 19 heavy (non-hydrogen) atoms. The third-order valence-electron chi connectivity index (χ3n) is 2.48. The van der Waals surface area contributed by atoms with Crippen molar-refractivity contribution in [3.63, 3.8) is 0 Å². The van der Waals surface area contributed by atoms with Crippen molar-refractivity contribution >= 4 is 23.8 Å². The zero-order valence-electron chi connectivity index (χ0n) is 9.97. The number of hydrogen-bond donors (Lipinski definition) is 0. The Morgan fingerprint density at radius 1 is 1.47 bits per heavy atom. The highest BCUT2D eigenvalue weighted by Gasteiger charge is 2.37. The Morgan fingerprint density at radius 3 is 2.84 bits per heavy atom. The Bertz CT molecular complexity index is 560. The summed E-state index contributed by atoms with van der Waals surface area (Å²) >= 11 is 0. The molecular formula is C12H10F2N2O3. The predicted octanol–water partition coefficient (Wildman–Crippen LogP) is 1.48. The molecule has 0 aliphatic carbocycles. The number of hydrogen-bond acceptors (Lipinski definition) is 4. The van der Waals surface area contributed by atoms with Gasteiger partial charge < -0.3 is 4.74 Å². The lowest BCUT2D eigenvalue weighted by Crippen LogP contribution is -2.32. The summed E-state index contributed by atoms with van der Waals surface area (Å²) in [6.45, 7) is 1.73. The topological polar surface area (TPSA) is 59.0 Å². The van der Waals surface area contributed by atoms with E-state index in [9.17, 15) is 18.4 Å². The summed E-state index contributed by atoms with van der Waals surface area (Å²) in [6.07, 6.45) is 1.07. The van der Waals surface area contributed by atoms with Crippen molar-refractivity contribution in [1.29, 1.82) is 0 Å². The molecule has 0 bridgehead atoms. The van der Waals surface area contributed by atoms with E-state index in [0.29, 0.717) is 6.07 Å². The van der Waals surface area contributed by atoms with Crippen molar-refractivity contribution < 1.29 is 23.1 Å². The maximum Gasteiger partial charge on any atom is 0.324 e. The van der Waals surface area contributed by atoms with Crippen LogP contribution in [0, 0.1) is 17.6 Å². The second kappa shape index (κ2) is 5.13. The first-order chi connectivity index (χ1) is 9.04. The fourth-order valence-electron chi connectivity index (χ4n) is 1.61. The van der Waals surface area contributed by atoms with Gasteiger partial charge in [0, 0.05) is 12.3 Å². The molecule has 0 fully saturated rings. The molecule has 1 aliphatic heterocycles. The first-order valence-electron chi connectivity index (χ1n) is 5.54. The number of rotatable bonds is 3. The molecule has 0 spiro atoms. The number of carbonyl (C=O) groups excluding carboxylic acids is 2. The lowest BCUT2D eigenvalue weighted by molar-refractivity contribution is -0.147. The fourth-order valence-corrected chi connectivity index (χ4v) is 1.61. The molecule has 0 radical (unpaired) electrons. The maximum atomic E-state index is 13.5. The van der Waals surface area contributed by atoms with E-state index in [1.54, 1.807) is 6.92 Å². The van der Waals surface area contributed by atoms with Crippen LogP contribution in [0.15, 0.2) is 23.3 Å². The minimum absolute atomic E-state index is 0.126. The third kappa shape index (κ3) is 2.44. The van der Waals surface area contributed by atoms with E-state index >= 15 is 0 Å². The quantitative estimate of drug-likeness (QED) is 0.616. The van der Waals surface area contributed by atoms with Gasteiger partial charge in [-0.1, -0.05) is 0 Å². The molecule has 1 aromatic rings. The van der Waals surface area contributed by atoms with E-state index in [1.165, 1.54) is 0 Å². The zero-order valence-corrected chi connectivity index (χ0v) is 9.97. The van der Waals surface area contributed by atoms with Gasteiger partial charge in [0.1, 0.15) is 11.5 Å². The summed E-state index contributed by atoms with van der Waals surface area (Å²) in [5, 5.41) is 4.38. The summed E-state index contributed by atoms with van der Waals surface area (Å²) in [5.74, 6) is -4.37. The van der Waals surface area contributed by atoms with Gasteiger partial charge >= 0.3 is 5.97 Å². The maximum absolute atomic E-state index is 13.5. The Labute approximate surface area is 107 Å². The smallest absolute Gasteiger partial charge is 0.324 e. The summed E-state index contributed by atoms with van der Waals surface area (Å²) < 4.78 is 31.0. The average molecular weight is 268 g/mol. The number of hydrazone groups is 1. The Morgan fingerprint density at radius 2 is 2.21 bits per heavy atom. The number of nitrogens with zero attached hydrogens (tertiary/aromatic N) is 2. The average Bonchev–Trinajstić information content (AvgIpc) is 2.72. The molecule has 1 amide bonds. The highest BCUT2D eigenvalue weighted by molar-refractivity contribution is 6.19. The van der Waals surface area contributed by atoms with Gasteiger partial charge in [-0.2, -0.15) is 10.1 Å². The van der Waals surface area contributed by atoms with Crippen LogP contribution in [0.2, 0.25) is 0 Å². The summed E-state index contributed by atoms with van der Waals surface area (Å²) in [5.41, 5.74) is -0.213. The van der Waals surface area contributed by atoms with Crippen molar-refractivity contribution in [2.24, 2.45) is 11.0 Å². The SMILES string of the molecule is CCOC(=O)C1C=NN(c2ccc(F)cc2F)C1=O.